The minimum absolute atomic E-state index is 0.440. The molecule has 5 rings (SSSR count). The molecule has 1 aromatic heterocycles. The van der Waals surface area contributed by atoms with E-state index in [1.54, 1.807) is 11.2 Å². The molecule has 0 unspecified atom stereocenters. The fourth-order valence-electron chi connectivity index (χ4n) is 4.51. The molecule has 3 aromatic rings. The molecule has 0 spiro atoms. The van der Waals surface area contributed by atoms with Crippen LogP contribution >= 0.6 is 0 Å². The summed E-state index contributed by atoms with van der Waals surface area (Å²) in [5, 5.41) is 6.96. The van der Waals surface area contributed by atoms with Crippen molar-refractivity contribution in [3.8, 4) is 11.1 Å². The maximum Gasteiger partial charge on any atom is 0.149 e. The van der Waals surface area contributed by atoms with Gasteiger partial charge in [-0.15, -0.1) is 0 Å². The number of nitrogens with one attached hydrogen (secondary N) is 1. The van der Waals surface area contributed by atoms with Gasteiger partial charge >= 0.3 is 0 Å². The third-order valence-corrected chi connectivity index (χ3v) is 5.79. The highest BCUT2D eigenvalue weighted by molar-refractivity contribution is 5.95. The van der Waals surface area contributed by atoms with Crippen molar-refractivity contribution in [1.29, 1.82) is 0 Å². The number of hydrogen-bond donors (Lipinski definition) is 1. The van der Waals surface area contributed by atoms with E-state index < -0.39 is 0 Å². The highest BCUT2D eigenvalue weighted by Gasteiger charge is 2.37. The molecule has 0 amide bonds. The van der Waals surface area contributed by atoms with Gasteiger partial charge < -0.3 is 9.32 Å². The van der Waals surface area contributed by atoms with Gasteiger partial charge in [-0.25, -0.2) is 0 Å². The number of hydrogen-bond acceptors (Lipinski definition) is 3. The Hall–Kier alpha value is -2.85. The summed E-state index contributed by atoms with van der Waals surface area (Å²) >= 11 is 0. The summed E-state index contributed by atoms with van der Waals surface area (Å²) in [7, 11) is 0. The average molecular weight is 358 g/mol. The largest absolute Gasteiger partial charge is 0.463 e. The smallest absolute Gasteiger partial charge is 0.149 e. The van der Waals surface area contributed by atoms with E-state index in [1.165, 1.54) is 22.3 Å². The molecule has 0 bridgehead atoms. The maximum atomic E-state index is 5.45. The van der Waals surface area contributed by atoms with Crippen molar-refractivity contribution in [2.75, 3.05) is 26.2 Å². The summed E-state index contributed by atoms with van der Waals surface area (Å²) in [5.41, 5.74) is 6.69. The topological polar surface area (TPSA) is 33.2 Å². The van der Waals surface area contributed by atoms with Gasteiger partial charge in [0.15, 0.2) is 0 Å². The van der Waals surface area contributed by atoms with Crippen LogP contribution in [0.2, 0.25) is 0 Å². The minimum atomic E-state index is 0.440. The second-order valence-electron chi connectivity index (χ2n) is 7.38. The van der Waals surface area contributed by atoms with Gasteiger partial charge in [-0.2, -0.15) is 5.10 Å². The van der Waals surface area contributed by atoms with E-state index in [0.29, 0.717) is 6.04 Å². The Morgan fingerprint density at radius 3 is 2.15 bits per heavy atom. The second kappa shape index (κ2) is 6.71. The molecule has 136 valence electrons. The molecule has 2 heterocycles. The van der Waals surface area contributed by atoms with Gasteiger partial charge in [0.2, 0.25) is 0 Å². The summed E-state index contributed by atoms with van der Waals surface area (Å²) in [6.07, 6.45) is 1.70. The Labute approximate surface area is 159 Å². The van der Waals surface area contributed by atoms with Gasteiger partial charge in [0.05, 0.1) is 38.2 Å². The summed E-state index contributed by atoms with van der Waals surface area (Å²) in [5.74, 6) is 0.850. The van der Waals surface area contributed by atoms with Crippen molar-refractivity contribution in [2.45, 2.75) is 13.0 Å². The fraction of sp³-hybridized carbons (Fsp3) is 0.261. The van der Waals surface area contributed by atoms with Gasteiger partial charge in [0.1, 0.15) is 11.8 Å². The van der Waals surface area contributed by atoms with Crippen LogP contribution in [0.3, 0.4) is 0 Å². The van der Waals surface area contributed by atoms with Crippen molar-refractivity contribution < 1.29 is 9.32 Å². The number of quaternary nitrogens is 1. The summed E-state index contributed by atoms with van der Waals surface area (Å²) in [6.45, 7) is 6.12. The van der Waals surface area contributed by atoms with Crippen LogP contribution in [0.4, 0.5) is 0 Å². The van der Waals surface area contributed by atoms with E-state index >= 15 is 0 Å². The molecule has 1 aliphatic carbocycles. The van der Waals surface area contributed by atoms with E-state index in [0.717, 1.165) is 37.7 Å². The summed E-state index contributed by atoms with van der Waals surface area (Å²) in [4.78, 5) is 1.63. The highest BCUT2D eigenvalue weighted by Crippen LogP contribution is 2.41. The number of hydrazone groups is 1. The molecule has 1 fully saturated rings. The van der Waals surface area contributed by atoms with E-state index in [2.05, 4.69) is 53.5 Å². The SMILES string of the molecule is C/C(=N/N1CC[NH+](C2c3ccccc3-c3ccccc32)CC1)c1ccco1. The lowest BCUT2D eigenvalue weighted by molar-refractivity contribution is -0.929. The standard InChI is InChI=1S/C23H23N3O/c1-17(22-11-6-16-27-22)24-26-14-12-25(13-15-26)23-20-9-4-2-7-18(20)19-8-3-5-10-21(19)23/h2-11,16,23H,12-15H2,1H3/p+1/b24-17-. The summed E-state index contributed by atoms with van der Waals surface area (Å²) < 4.78 is 5.45. The third kappa shape index (κ3) is 2.86. The molecular weight excluding hydrogens is 334 g/mol. The third-order valence-electron chi connectivity index (χ3n) is 5.79. The average Bonchev–Trinajstić information content (AvgIpc) is 3.35. The van der Waals surface area contributed by atoms with E-state index in [4.69, 9.17) is 9.52 Å². The van der Waals surface area contributed by atoms with Gasteiger partial charge in [0, 0.05) is 11.1 Å². The Bertz CT molecular complexity index is 923. The Morgan fingerprint density at radius 2 is 1.56 bits per heavy atom. The lowest BCUT2D eigenvalue weighted by Gasteiger charge is -2.35. The monoisotopic (exact) mass is 358 g/mol. The van der Waals surface area contributed by atoms with E-state index in [9.17, 15) is 0 Å². The zero-order valence-corrected chi connectivity index (χ0v) is 15.6. The van der Waals surface area contributed by atoms with Crippen LogP contribution in [0.25, 0.3) is 11.1 Å². The predicted molar refractivity (Wildman–Crippen MR) is 107 cm³/mol. The lowest BCUT2D eigenvalue weighted by Crippen LogP contribution is -3.14. The number of benzene rings is 2. The molecule has 0 saturated carbocycles. The number of furan rings is 1. The van der Waals surface area contributed by atoms with Crippen LogP contribution in [0.15, 0.2) is 76.4 Å². The first-order valence-electron chi connectivity index (χ1n) is 9.68. The molecular formula is C23H24N3O+. The van der Waals surface area contributed by atoms with Crippen LogP contribution in [0, 0.1) is 0 Å². The van der Waals surface area contributed by atoms with Gasteiger partial charge in [-0.05, 0) is 30.2 Å². The quantitative estimate of drug-likeness (QED) is 0.730. The van der Waals surface area contributed by atoms with Crippen molar-refractivity contribution >= 4 is 5.71 Å². The maximum absolute atomic E-state index is 5.45. The van der Waals surface area contributed by atoms with Crippen LogP contribution in [0.1, 0.15) is 29.9 Å². The zero-order valence-electron chi connectivity index (χ0n) is 15.6. The number of piperazine rings is 1. The van der Waals surface area contributed by atoms with Gasteiger partial charge in [0.25, 0.3) is 0 Å². The van der Waals surface area contributed by atoms with Crippen molar-refractivity contribution in [2.24, 2.45) is 5.10 Å². The van der Waals surface area contributed by atoms with Crippen LogP contribution < -0.4 is 4.90 Å². The first-order valence-corrected chi connectivity index (χ1v) is 9.68. The van der Waals surface area contributed by atoms with Crippen molar-refractivity contribution in [3.63, 3.8) is 0 Å². The number of rotatable bonds is 3. The minimum Gasteiger partial charge on any atom is -0.463 e. The van der Waals surface area contributed by atoms with E-state index in [-0.39, 0.29) is 0 Å². The molecule has 2 aliphatic rings. The van der Waals surface area contributed by atoms with Crippen molar-refractivity contribution in [1.82, 2.24) is 5.01 Å². The van der Waals surface area contributed by atoms with Crippen LogP contribution in [-0.2, 0) is 0 Å². The molecule has 27 heavy (non-hydrogen) atoms. The molecule has 0 atom stereocenters. The first kappa shape index (κ1) is 16.3. The molecule has 1 saturated heterocycles. The van der Waals surface area contributed by atoms with Crippen LogP contribution in [-0.4, -0.2) is 36.9 Å². The van der Waals surface area contributed by atoms with E-state index in [1.807, 2.05) is 19.1 Å². The first-order chi connectivity index (χ1) is 13.3. The van der Waals surface area contributed by atoms with Gasteiger partial charge in [-0.1, -0.05) is 48.5 Å². The van der Waals surface area contributed by atoms with Gasteiger partial charge in [-0.3, -0.25) is 5.01 Å². The fourth-order valence-corrected chi connectivity index (χ4v) is 4.51. The molecule has 4 heteroatoms. The molecule has 0 radical (unpaired) electrons. The Morgan fingerprint density at radius 1 is 0.926 bits per heavy atom. The molecule has 1 aliphatic heterocycles. The normalized spacial score (nSPS) is 17.8. The second-order valence-corrected chi connectivity index (χ2v) is 7.38. The number of nitrogens with zero attached hydrogens (tertiary/aromatic N) is 2. The summed E-state index contributed by atoms with van der Waals surface area (Å²) in [6, 6.07) is 22.1. The lowest BCUT2D eigenvalue weighted by atomic mass is 10.0. The zero-order chi connectivity index (χ0) is 18.2. The Balaban J connectivity index is 1.36. The van der Waals surface area contributed by atoms with Crippen LogP contribution in [0.5, 0.6) is 0 Å². The molecule has 4 nitrogen and oxygen atoms in total. The molecule has 1 N–H and O–H groups in total. The predicted octanol–water partition coefficient (Wildman–Crippen LogP) is 2.97. The van der Waals surface area contributed by atoms with Crippen molar-refractivity contribution in [3.05, 3.63) is 83.8 Å². The highest BCUT2D eigenvalue weighted by atomic mass is 16.3. The number of fused-ring (bicyclic) bond motifs is 3. The molecule has 2 aromatic carbocycles. The Kier molecular flexibility index (Phi) is 4.06.